The van der Waals surface area contributed by atoms with Gasteiger partial charge in [-0.3, -0.25) is 9.69 Å². The molecule has 1 saturated carbocycles. The summed E-state index contributed by atoms with van der Waals surface area (Å²) in [5.74, 6) is 0.230. The number of β-amino-alcohol motifs (C(OH)–C–C–N with tert-alkyl or cyclic N) is 1. The molecule has 0 spiro atoms. The van der Waals surface area contributed by atoms with E-state index in [4.69, 9.17) is 0 Å². The van der Waals surface area contributed by atoms with Crippen molar-refractivity contribution in [2.75, 3.05) is 26.2 Å². The zero-order valence-electron chi connectivity index (χ0n) is 19.8. The molecular weight excluding hydrogens is 420 g/mol. The predicted molar refractivity (Wildman–Crippen MR) is 128 cm³/mol. The van der Waals surface area contributed by atoms with E-state index in [0.717, 1.165) is 50.6 Å². The zero-order chi connectivity index (χ0) is 23.6. The topological polar surface area (TPSA) is 104 Å². The lowest BCUT2D eigenvalue weighted by atomic mass is 9.93. The number of likely N-dealkylation sites (tertiary alicyclic amines) is 1. The van der Waals surface area contributed by atoms with Crippen molar-refractivity contribution in [2.45, 2.75) is 94.6 Å². The van der Waals surface area contributed by atoms with Crippen LogP contribution in [-0.2, 0) is 11.2 Å². The highest BCUT2D eigenvalue weighted by atomic mass is 16.4. The fourth-order valence-corrected chi connectivity index (χ4v) is 5.36. The van der Waals surface area contributed by atoms with Crippen molar-refractivity contribution in [1.29, 1.82) is 0 Å². The van der Waals surface area contributed by atoms with Crippen molar-refractivity contribution >= 4 is 5.91 Å². The molecule has 1 amide bonds. The lowest BCUT2D eigenvalue weighted by Crippen LogP contribution is -2.62. The van der Waals surface area contributed by atoms with Crippen LogP contribution in [0.1, 0.15) is 63.4 Å². The summed E-state index contributed by atoms with van der Waals surface area (Å²) in [5, 5.41) is 39.5. The number of aliphatic hydroxyl groups excluding tert-OH is 4. The normalized spacial score (nSPS) is 26.9. The highest BCUT2D eigenvalue weighted by molar-refractivity contribution is 5.79. The van der Waals surface area contributed by atoms with Crippen molar-refractivity contribution in [3.8, 4) is 0 Å². The first-order valence-corrected chi connectivity index (χ1v) is 12.7. The van der Waals surface area contributed by atoms with Crippen molar-refractivity contribution < 1.29 is 25.2 Å². The molecule has 0 radical (unpaired) electrons. The van der Waals surface area contributed by atoms with E-state index in [1.54, 1.807) is 0 Å². The first-order valence-electron chi connectivity index (χ1n) is 12.7. The smallest absolute Gasteiger partial charge is 0.227 e. The van der Waals surface area contributed by atoms with Crippen LogP contribution >= 0.6 is 0 Å². The average Bonchev–Trinajstić information content (AvgIpc) is 2.83. The number of benzene rings is 1. The first kappa shape index (κ1) is 26.1. The Morgan fingerprint density at radius 3 is 2.33 bits per heavy atom. The van der Waals surface area contributed by atoms with Gasteiger partial charge in [0.2, 0.25) is 5.91 Å². The van der Waals surface area contributed by atoms with Crippen molar-refractivity contribution in [2.24, 2.45) is 0 Å². The van der Waals surface area contributed by atoms with Gasteiger partial charge in [0.25, 0.3) is 0 Å². The van der Waals surface area contributed by atoms with Gasteiger partial charge in [0, 0.05) is 19.1 Å². The van der Waals surface area contributed by atoms with Crippen molar-refractivity contribution in [3.05, 3.63) is 35.9 Å². The molecule has 4 N–H and O–H groups in total. The molecular formula is C26H42N2O5. The second-order valence-electron chi connectivity index (χ2n) is 9.75. The number of hydrogen-bond acceptors (Lipinski definition) is 6. The number of piperidine rings is 1. The van der Waals surface area contributed by atoms with E-state index in [1.165, 1.54) is 19.3 Å². The highest BCUT2D eigenvalue weighted by Gasteiger charge is 2.40. The summed E-state index contributed by atoms with van der Waals surface area (Å²) in [6, 6.07) is 9.80. The second-order valence-corrected chi connectivity index (χ2v) is 9.75. The Bertz CT molecular complexity index is 697. The molecule has 7 heteroatoms. The number of hydrogen-bond donors (Lipinski definition) is 4. The van der Waals surface area contributed by atoms with Crippen molar-refractivity contribution in [1.82, 2.24) is 9.80 Å². The fraction of sp³-hybridized carbons (Fsp3) is 0.731. The predicted octanol–water partition coefficient (Wildman–Crippen LogP) is 1.71. The van der Waals surface area contributed by atoms with E-state index < -0.39 is 24.4 Å². The molecule has 0 aromatic heterocycles. The van der Waals surface area contributed by atoms with Gasteiger partial charge < -0.3 is 25.3 Å². The van der Waals surface area contributed by atoms with E-state index in [9.17, 15) is 25.2 Å². The minimum absolute atomic E-state index is 0.230. The molecule has 1 aromatic rings. The molecule has 1 aromatic carbocycles. The average molecular weight is 463 g/mol. The molecule has 3 rings (SSSR count). The minimum atomic E-state index is -1.21. The summed E-state index contributed by atoms with van der Waals surface area (Å²) >= 11 is 0. The van der Waals surface area contributed by atoms with Crippen molar-refractivity contribution in [3.63, 3.8) is 0 Å². The van der Waals surface area contributed by atoms with E-state index >= 15 is 0 Å². The Kier molecular flexibility index (Phi) is 10.6. The maximum Gasteiger partial charge on any atom is 0.227 e. The van der Waals surface area contributed by atoms with Gasteiger partial charge in [-0.15, -0.1) is 0 Å². The Balaban J connectivity index is 1.43. The molecule has 7 nitrogen and oxygen atoms in total. The standard InChI is InChI=1S/C26H42N2O5/c29-19-22-25(32)26(33)23(30)18-27(22)15-9-1-2-10-16-28(21-13-7-4-8-14-21)24(31)17-20-11-5-3-6-12-20/h3,5-6,11-12,21-23,25-26,29-30,32-33H,1-2,4,7-10,13-19H2/t22-,23+,25-,26-/m1/s1. The summed E-state index contributed by atoms with van der Waals surface area (Å²) < 4.78 is 0. The van der Waals surface area contributed by atoms with E-state index in [1.807, 2.05) is 35.2 Å². The lowest BCUT2D eigenvalue weighted by molar-refractivity contribution is -0.145. The molecule has 186 valence electrons. The number of rotatable bonds is 11. The zero-order valence-corrected chi connectivity index (χ0v) is 19.8. The van der Waals surface area contributed by atoms with Gasteiger partial charge in [0.05, 0.1) is 25.2 Å². The maximum atomic E-state index is 13.1. The largest absolute Gasteiger partial charge is 0.395 e. The third-order valence-electron chi connectivity index (χ3n) is 7.34. The molecule has 4 atom stereocenters. The third kappa shape index (κ3) is 7.49. The lowest BCUT2D eigenvalue weighted by Gasteiger charge is -2.43. The van der Waals surface area contributed by atoms with Crippen LogP contribution in [0.25, 0.3) is 0 Å². The van der Waals surface area contributed by atoms with Crippen LogP contribution in [-0.4, -0.2) is 92.8 Å². The molecule has 33 heavy (non-hydrogen) atoms. The Morgan fingerprint density at radius 2 is 1.64 bits per heavy atom. The third-order valence-corrected chi connectivity index (χ3v) is 7.34. The molecule has 2 aliphatic rings. The van der Waals surface area contributed by atoms with Gasteiger partial charge in [-0.25, -0.2) is 0 Å². The van der Waals surface area contributed by atoms with Gasteiger partial charge in [-0.05, 0) is 37.8 Å². The minimum Gasteiger partial charge on any atom is -0.395 e. The highest BCUT2D eigenvalue weighted by Crippen LogP contribution is 2.24. The number of nitrogens with zero attached hydrogens (tertiary/aromatic N) is 2. The maximum absolute atomic E-state index is 13.1. The molecule has 0 unspecified atom stereocenters. The van der Waals surface area contributed by atoms with Crippen LogP contribution in [0, 0.1) is 0 Å². The quantitative estimate of drug-likeness (QED) is 0.373. The number of carbonyl (C=O) groups is 1. The van der Waals surface area contributed by atoms with Gasteiger partial charge in [-0.2, -0.15) is 0 Å². The van der Waals surface area contributed by atoms with Crippen LogP contribution < -0.4 is 0 Å². The summed E-state index contributed by atoms with van der Waals surface area (Å²) in [7, 11) is 0. The van der Waals surface area contributed by atoms with E-state index in [-0.39, 0.29) is 19.1 Å². The number of aliphatic hydroxyl groups is 4. The molecule has 1 saturated heterocycles. The van der Waals surface area contributed by atoms with Crippen LogP contribution in [0.5, 0.6) is 0 Å². The van der Waals surface area contributed by atoms with Crippen LogP contribution in [0.2, 0.25) is 0 Å². The summed E-state index contributed by atoms with van der Waals surface area (Å²) in [6.07, 6.45) is 6.83. The summed E-state index contributed by atoms with van der Waals surface area (Å²) in [5.41, 5.74) is 1.07. The first-order chi connectivity index (χ1) is 16.0. The Morgan fingerprint density at radius 1 is 0.939 bits per heavy atom. The van der Waals surface area contributed by atoms with Crippen LogP contribution in [0.3, 0.4) is 0 Å². The fourth-order valence-electron chi connectivity index (χ4n) is 5.36. The van der Waals surface area contributed by atoms with Gasteiger partial charge in [0.15, 0.2) is 0 Å². The second kappa shape index (κ2) is 13.4. The molecule has 1 aliphatic carbocycles. The summed E-state index contributed by atoms with van der Waals surface area (Å²) in [6.45, 7) is 1.46. The molecule has 2 fully saturated rings. The van der Waals surface area contributed by atoms with Crippen LogP contribution in [0.15, 0.2) is 30.3 Å². The number of unbranched alkanes of at least 4 members (excludes halogenated alkanes) is 3. The monoisotopic (exact) mass is 462 g/mol. The molecule has 0 bridgehead atoms. The number of amides is 1. The van der Waals surface area contributed by atoms with E-state index in [0.29, 0.717) is 19.0 Å². The van der Waals surface area contributed by atoms with Gasteiger partial charge >= 0.3 is 0 Å². The molecule has 1 aliphatic heterocycles. The number of carbonyl (C=O) groups excluding carboxylic acids is 1. The summed E-state index contributed by atoms with van der Waals surface area (Å²) in [4.78, 5) is 17.1. The van der Waals surface area contributed by atoms with Gasteiger partial charge in [-0.1, -0.05) is 62.4 Å². The molecule has 1 heterocycles. The Labute approximate surface area is 198 Å². The Hall–Kier alpha value is -1.51. The van der Waals surface area contributed by atoms with Crippen LogP contribution in [0.4, 0.5) is 0 Å². The van der Waals surface area contributed by atoms with Gasteiger partial charge in [0.1, 0.15) is 12.2 Å². The SMILES string of the molecule is O=C(Cc1ccccc1)N(CCCCCCN1C[C@H](O)[C@@H](O)[C@H](O)[C@H]1CO)C1CCCCC1. The van der Waals surface area contributed by atoms with E-state index in [2.05, 4.69) is 4.90 Å².